The second-order valence-electron chi connectivity index (χ2n) is 7.13. The molecule has 0 fully saturated rings. The van der Waals surface area contributed by atoms with Crippen molar-refractivity contribution in [3.63, 3.8) is 0 Å². The van der Waals surface area contributed by atoms with Crippen LogP contribution in [-0.2, 0) is 42.8 Å². The number of hydrogen-bond donors (Lipinski definition) is 2. The molecule has 3 atom stereocenters. The van der Waals surface area contributed by atoms with Crippen LogP contribution in [0.25, 0.3) is 0 Å². The maximum absolute atomic E-state index is 12.9. The van der Waals surface area contributed by atoms with Crippen LogP contribution >= 0.6 is 11.3 Å². The summed E-state index contributed by atoms with van der Waals surface area (Å²) in [5.74, 6) is -2.14. The standard InChI is InChI=1S/C20H27N3O6S2/c1-5-14-11-30-19(21-14)16(22-18(24)17(12(2)3)20(25)28-4)10-13-6-8-15(9-7-13)23-29-31(26)27/h6-9,11-12,16-17,23H,5,10H2,1-4H3,(H,22,24)(H,26,27)/p-1/t16-,17-/m0/s1. The van der Waals surface area contributed by atoms with E-state index in [2.05, 4.69) is 20.1 Å². The van der Waals surface area contributed by atoms with Gasteiger partial charge in [0.05, 0.1) is 24.5 Å². The number of hydrogen-bond acceptors (Lipinski definition) is 9. The van der Waals surface area contributed by atoms with E-state index in [-0.39, 0.29) is 5.92 Å². The zero-order chi connectivity index (χ0) is 23.0. The molecule has 1 heterocycles. The van der Waals surface area contributed by atoms with E-state index in [0.29, 0.717) is 12.1 Å². The van der Waals surface area contributed by atoms with Crippen molar-refractivity contribution >= 4 is 40.3 Å². The number of nitrogens with zero attached hydrogens (tertiary/aromatic N) is 1. The molecular weight excluding hydrogens is 442 g/mol. The summed E-state index contributed by atoms with van der Waals surface area (Å²) in [5.41, 5.74) is 4.57. The molecule has 2 aromatic rings. The fraction of sp³-hybridized carbons (Fsp3) is 0.450. The Kier molecular flexibility index (Phi) is 9.56. The highest BCUT2D eigenvalue weighted by Crippen LogP contribution is 2.25. The molecule has 0 aliphatic carbocycles. The number of amides is 1. The third-order valence-electron chi connectivity index (χ3n) is 4.57. The molecule has 31 heavy (non-hydrogen) atoms. The molecule has 0 aliphatic rings. The topological polar surface area (TPSA) is 130 Å². The Morgan fingerprint density at radius 1 is 1.26 bits per heavy atom. The van der Waals surface area contributed by atoms with Gasteiger partial charge in [-0.3, -0.25) is 15.1 Å². The van der Waals surface area contributed by atoms with E-state index in [1.54, 1.807) is 38.1 Å². The summed E-state index contributed by atoms with van der Waals surface area (Å²) in [6, 6.07) is 6.45. The van der Waals surface area contributed by atoms with Gasteiger partial charge in [-0.25, -0.2) is 9.19 Å². The second kappa shape index (κ2) is 11.9. The van der Waals surface area contributed by atoms with E-state index in [0.717, 1.165) is 22.7 Å². The van der Waals surface area contributed by atoms with Gasteiger partial charge < -0.3 is 14.6 Å². The van der Waals surface area contributed by atoms with Crippen LogP contribution in [0.3, 0.4) is 0 Å². The smallest absolute Gasteiger partial charge is 0.318 e. The maximum atomic E-state index is 12.9. The number of carbonyl (C=O) groups excluding carboxylic acids is 2. The van der Waals surface area contributed by atoms with Crippen LogP contribution in [0.4, 0.5) is 5.69 Å². The Hall–Kier alpha value is -2.34. The lowest BCUT2D eigenvalue weighted by molar-refractivity contribution is -0.152. The molecule has 9 nitrogen and oxygen atoms in total. The van der Waals surface area contributed by atoms with Crippen molar-refractivity contribution in [1.29, 1.82) is 0 Å². The van der Waals surface area contributed by atoms with Gasteiger partial charge in [-0.1, -0.05) is 32.9 Å². The summed E-state index contributed by atoms with van der Waals surface area (Å²) >= 11 is -1.23. The molecule has 0 saturated carbocycles. The van der Waals surface area contributed by atoms with Crippen LogP contribution in [0.1, 0.15) is 43.1 Å². The highest BCUT2D eigenvalue weighted by atomic mass is 32.2. The number of thiazole rings is 1. The number of methoxy groups -OCH3 is 1. The fourth-order valence-corrected chi connectivity index (χ4v) is 4.06. The lowest BCUT2D eigenvalue weighted by atomic mass is 9.94. The third-order valence-corrected chi connectivity index (χ3v) is 5.80. The molecular formula is C20H26N3O6S2-. The molecule has 1 aromatic heterocycles. The predicted molar refractivity (Wildman–Crippen MR) is 116 cm³/mol. The molecule has 0 bridgehead atoms. The Labute approximate surface area is 188 Å². The normalized spacial score (nSPS) is 14.0. The first-order valence-corrected chi connectivity index (χ1v) is 11.6. The van der Waals surface area contributed by atoms with Crippen molar-refractivity contribution in [1.82, 2.24) is 10.3 Å². The molecule has 1 aromatic carbocycles. The zero-order valence-electron chi connectivity index (χ0n) is 17.7. The van der Waals surface area contributed by atoms with Crippen LogP contribution in [0.2, 0.25) is 0 Å². The van der Waals surface area contributed by atoms with Gasteiger partial charge >= 0.3 is 5.97 Å². The van der Waals surface area contributed by atoms with Crippen LogP contribution < -0.4 is 10.8 Å². The van der Waals surface area contributed by atoms with Gasteiger partial charge in [0.15, 0.2) is 0 Å². The Morgan fingerprint density at radius 3 is 2.45 bits per heavy atom. The molecule has 11 heteroatoms. The van der Waals surface area contributed by atoms with E-state index in [1.807, 2.05) is 12.3 Å². The first kappa shape index (κ1) is 24.9. The van der Waals surface area contributed by atoms with Crippen LogP contribution in [-0.4, -0.2) is 32.7 Å². The van der Waals surface area contributed by atoms with Gasteiger partial charge in [-0.2, -0.15) is 4.28 Å². The molecule has 2 rings (SSSR count). The number of aryl methyl sites for hydroxylation is 1. The molecule has 0 saturated heterocycles. The third kappa shape index (κ3) is 7.39. The summed E-state index contributed by atoms with van der Waals surface area (Å²) < 4.78 is 30.1. The average Bonchev–Trinajstić information content (AvgIpc) is 3.21. The first-order chi connectivity index (χ1) is 14.7. The molecule has 170 valence electrons. The number of anilines is 1. The number of ether oxygens (including phenoxy) is 1. The largest absolute Gasteiger partial charge is 0.748 e. The Bertz CT molecular complexity index is 901. The van der Waals surface area contributed by atoms with E-state index in [1.165, 1.54) is 18.4 Å². The average molecular weight is 469 g/mol. The van der Waals surface area contributed by atoms with Gasteiger partial charge in [0.25, 0.3) is 0 Å². The van der Waals surface area contributed by atoms with Crippen molar-refractivity contribution in [3.8, 4) is 0 Å². The van der Waals surface area contributed by atoms with E-state index in [4.69, 9.17) is 4.74 Å². The van der Waals surface area contributed by atoms with Gasteiger partial charge in [0, 0.05) is 5.38 Å². The van der Waals surface area contributed by atoms with Gasteiger partial charge in [0.1, 0.15) is 22.3 Å². The SMILES string of the molecule is CCc1csc([C@H](Cc2ccc(NOS(=O)[O-])cc2)NC(=O)[C@@H](C(=O)OC)C(C)C)n1. The first-order valence-electron chi connectivity index (χ1n) is 9.69. The number of benzene rings is 1. The van der Waals surface area contributed by atoms with Crippen molar-refractivity contribution in [2.45, 2.75) is 39.7 Å². The lowest BCUT2D eigenvalue weighted by Crippen LogP contribution is -2.41. The van der Waals surface area contributed by atoms with Gasteiger partial charge in [0.2, 0.25) is 5.91 Å². The Balaban J connectivity index is 2.22. The molecule has 1 amide bonds. The van der Waals surface area contributed by atoms with Crippen molar-refractivity contribution in [3.05, 3.63) is 45.9 Å². The minimum absolute atomic E-state index is 0.229. The molecule has 0 spiro atoms. The number of carbonyl (C=O) groups is 2. The van der Waals surface area contributed by atoms with Crippen LogP contribution in [0, 0.1) is 11.8 Å². The summed E-state index contributed by atoms with van der Waals surface area (Å²) in [5, 5.41) is 5.64. The number of esters is 1. The predicted octanol–water partition coefficient (Wildman–Crippen LogP) is 2.69. The maximum Gasteiger partial charge on any atom is 0.318 e. The minimum atomic E-state index is -2.68. The summed E-state index contributed by atoms with van der Waals surface area (Å²) in [6.07, 6.45) is 1.21. The fourth-order valence-electron chi connectivity index (χ4n) is 2.94. The number of rotatable bonds is 11. The summed E-state index contributed by atoms with van der Waals surface area (Å²) in [7, 11) is 1.26. The van der Waals surface area contributed by atoms with E-state index < -0.39 is 35.2 Å². The second-order valence-corrected chi connectivity index (χ2v) is 8.59. The summed E-state index contributed by atoms with van der Waals surface area (Å²) in [4.78, 5) is 29.6. The summed E-state index contributed by atoms with van der Waals surface area (Å²) in [6.45, 7) is 5.58. The quantitative estimate of drug-likeness (QED) is 0.223. The molecule has 0 aliphatic heterocycles. The van der Waals surface area contributed by atoms with Crippen molar-refractivity contribution in [2.75, 3.05) is 12.6 Å². The molecule has 2 N–H and O–H groups in total. The number of nitrogens with one attached hydrogen (secondary N) is 2. The monoisotopic (exact) mass is 468 g/mol. The lowest BCUT2D eigenvalue weighted by Gasteiger charge is -2.22. The highest BCUT2D eigenvalue weighted by Gasteiger charge is 2.33. The van der Waals surface area contributed by atoms with Crippen LogP contribution in [0.15, 0.2) is 29.6 Å². The van der Waals surface area contributed by atoms with Gasteiger partial charge in [-0.15, -0.1) is 11.3 Å². The number of aromatic nitrogens is 1. The molecule has 1 unspecified atom stereocenters. The molecule has 0 radical (unpaired) electrons. The van der Waals surface area contributed by atoms with Crippen LogP contribution in [0.5, 0.6) is 0 Å². The van der Waals surface area contributed by atoms with Crippen molar-refractivity contribution < 1.29 is 27.4 Å². The highest BCUT2D eigenvalue weighted by molar-refractivity contribution is 7.74. The van der Waals surface area contributed by atoms with Crippen molar-refractivity contribution in [2.24, 2.45) is 11.8 Å². The van der Waals surface area contributed by atoms with E-state index in [9.17, 15) is 18.4 Å². The van der Waals surface area contributed by atoms with Gasteiger partial charge in [-0.05, 0) is 36.5 Å². The minimum Gasteiger partial charge on any atom is -0.748 e. The Morgan fingerprint density at radius 2 is 1.94 bits per heavy atom. The van der Waals surface area contributed by atoms with E-state index >= 15 is 0 Å². The zero-order valence-corrected chi connectivity index (χ0v) is 19.4.